The van der Waals surface area contributed by atoms with Crippen molar-refractivity contribution in [2.24, 2.45) is 5.73 Å². The lowest BCUT2D eigenvalue weighted by Gasteiger charge is -2.31. The molecule has 108 valence electrons. The molecule has 0 saturated heterocycles. The molecule has 19 heavy (non-hydrogen) atoms. The van der Waals surface area contributed by atoms with Crippen molar-refractivity contribution in [1.82, 2.24) is 4.90 Å². The van der Waals surface area contributed by atoms with Crippen molar-refractivity contribution in [3.8, 4) is 0 Å². The molecule has 2 N–H and O–H groups in total. The van der Waals surface area contributed by atoms with Gasteiger partial charge in [-0.05, 0) is 30.7 Å². The largest absolute Gasteiger partial charge is 0.401 e. The molecule has 1 aromatic carbocycles. The SMILES string of the molecule is CCCN(CC(F)(F)F)C(CN)c1ccc(F)cc1. The van der Waals surface area contributed by atoms with Crippen LogP contribution in [0.4, 0.5) is 17.6 Å². The standard InChI is InChI=1S/C13H18F4N2/c1-2-7-19(9-13(15,16)17)12(8-18)10-3-5-11(14)6-4-10/h3-6,12H,2,7-9,18H2,1H3. The van der Waals surface area contributed by atoms with Crippen molar-refractivity contribution in [3.63, 3.8) is 0 Å². The fourth-order valence-corrected chi connectivity index (χ4v) is 2.04. The molecular formula is C13H18F4N2. The molecule has 1 aromatic rings. The summed E-state index contributed by atoms with van der Waals surface area (Å²) in [6.07, 6.45) is -3.68. The summed E-state index contributed by atoms with van der Waals surface area (Å²) in [5.74, 6) is -0.419. The molecule has 1 atom stereocenters. The van der Waals surface area contributed by atoms with Gasteiger partial charge in [0.15, 0.2) is 0 Å². The first-order valence-corrected chi connectivity index (χ1v) is 6.13. The van der Waals surface area contributed by atoms with E-state index in [1.807, 2.05) is 6.92 Å². The van der Waals surface area contributed by atoms with Crippen LogP contribution in [-0.4, -0.2) is 30.7 Å². The minimum Gasteiger partial charge on any atom is -0.329 e. The molecule has 1 unspecified atom stereocenters. The summed E-state index contributed by atoms with van der Waals surface area (Å²) in [6.45, 7) is 1.14. The van der Waals surface area contributed by atoms with E-state index in [2.05, 4.69) is 0 Å². The normalized spacial score (nSPS) is 13.8. The van der Waals surface area contributed by atoms with Gasteiger partial charge in [-0.3, -0.25) is 4.90 Å². The maximum absolute atomic E-state index is 12.8. The molecule has 1 rings (SSSR count). The van der Waals surface area contributed by atoms with Crippen LogP contribution in [0.1, 0.15) is 24.9 Å². The van der Waals surface area contributed by atoms with Gasteiger partial charge in [0, 0.05) is 12.6 Å². The van der Waals surface area contributed by atoms with Gasteiger partial charge in [-0.15, -0.1) is 0 Å². The first-order valence-electron chi connectivity index (χ1n) is 6.13. The maximum atomic E-state index is 12.8. The van der Waals surface area contributed by atoms with E-state index in [1.165, 1.54) is 29.2 Å². The zero-order valence-electron chi connectivity index (χ0n) is 10.8. The Balaban J connectivity index is 2.92. The monoisotopic (exact) mass is 278 g/mol. The van der Waals surface area contributed by atoms with Crippen LogP contribution in [-0.2, 0) is 0 Å². The third kappa shape index (κ3) is 5.16. The molecule has 0 radical (unpaired) electrons. The molecule has 0 spiro atoms. The molecule has 0 aliphatic rings. The van der Waals surface area contributed by atoms with Crippen LogP contribution in [0.25, 0.3) is 0 Å². The highest BCUT2D eigenvalue weighted by atomic mass is 19.4. The van der Waals surface area contributed by atoms with E-state index in [4.69, 9.17) is 5.73 Å². The summed E-state index contributed by atoms with van der Waals surface area (Å²) in [7, 11) is 0. The van der Waals surface area contributed by atoms with E-state index < -0.39 is 24.6 Å². The summed E-state index contributed by atoms with van der Waals surface area (Å²) < 4.78 is 50.5. The van der Waals surface area contributed by atoms with Crippen molar-refractivity contribution in [3.05, 3.63) is 35.6 Å². The number of benzene rings is 1. The van der Waals surface area contributed by atoms with Crippen LogP contribution in [0, 0.1) is 5.82 Å². The molecule has 0 fully saturated rings. The molecule has 0 saturated carbocycles. The van der Waals surface area contributed by atoms with Gasteiger partial charge in [-0.1, -0.05) is 19.1 Å². The minimum atomic E-state index is -4.28. The van der Waals surface area contributed by atoms with Gasteiger partial charge in [0.05, 0.1) is 6.54 Å². The number of rotatable bonds is 6. The predicted octanol–water partition coefficient (Wildman–Crippen LogP) is 3.10. The third-order valence-corrected chi connectivity index (χ3v) is 2.81. The number of hydrogen-bond acceptors (Lipinski definition) is 2. The van der Waals surface area contributed by atoms with Crippen LogP contribution in [0.3, 0.4) is 0 Å². The Kier molecular flexibility index (Phi) is 5.75. The maximum Gasteiger partial charge on any atom is 0.401 e. The Morgan fingerprint density at radius 2 is 1.79 bits per heavy atom. The van der Waals surface area contributed by atoms with Gasteiger partial charge < -0.3 is 5.73 Å². The van der Waals surface area contributed by atoms with Crippen LogP contribution < -0.4 is 5.73 Å². The zero-order chi connectivity index (χ0) is 14.5. The Hall–Kier alpha value is -1.14. The lowest BCUT2D eigenvalue weighted by molar-refractivity contribution is -0.150. The number of halogens is 4. The molecule has 2 nitrogen and oxygen atoms in total. The molecular weight excluding hydrogens is 260 g/mol. The molecule has 6 heteroatoms. The third-order valence-electron chi connectivity index (χ3n) is 2.81. The summed E-state index contributed by atoms with van der Waals surface area (Å²) in [5, 5.41) is 0. The highest BCUT2D eigenvalue weighted by molar-refractivity contribution is 5.20. The van der Waals surface area contributed by atoms with Crippen LogP contribution in [0.5, 0.6) is 0 Å². The van der Waals surface area contributed by atoms with E-state index in [-0.39, 0.29) is 6.54 Å². The van der Waals surface area contributed by atoms with E-state index in [0.29, 0.717) is 18.5 Å². The Morgan fingerprint density at radius 3 is 2.21 bits per heavy atom. The van der Waals surface area contributed by atoms with Gasteiger partial charge in [0.25, 0.3) is 0 Å². The number of nitrogens with zero attached hydrogens (tertiary/aromatic N) is 1. The molecule has 0 amide bonds. The van der Waals surface area contributed by atoms with Crippen molar-refractivity contribution in [1.29, 1.82) is 0 Å². The van der Waals surface area contributed by atoms with Crippen LogP contribution in [0.2, 0.25) is 0 Å². The van der Waals surface area contributed by atoms with E-state index in [1.54, 1.807) is 0 Å². The number of nitrogens with two attached hydrogens (primary N) is 1. The second kappa shape index (κ2) is 6.86. The summed E-state index contributed by atoms with van der Waals surface area (Å²) >= 11 is 0. The van der Waals surface area contributed by atoms with Gasteiger partial charge >= 0.3 is 6.18 Å². The number of alkyl halides is 3. The predicted molar refractivity (Wildman–Crippen MR) is 66.1 cm³/mol. The lowest BCUT2D eigenvalue weighted by atomic mass is 10.0. The van der Waals surface area contributed by atoms with Gasteiger partial charge in [0.2, 0.25) is 0 Å². The van der Waals surface area contributed by atoms with Crippen molar-refractivity contribution in [2.45, 2.75) is 25.6 Å². The van der Waals surface area contributed by atoms with Crippen LogP contribution >= 0.6 is 0 Å². The Labute approximate surface area is 110 Å². The Bertz CT molecular complexity index is 375. The molecule has 0 bridgehead atoms. The Morgan fingerprint density at radius 1 is 1.21 bits per heavy atom. The highest BCUT2D eigenvalue weighted by Crippen LogP contribution is 2.25. The fraction of sp³-hybridized carbons (Fsp3) is 0.538. The molecule has 0 aliphatic carbocycles. The topological polar surface area (TPSA) is 29.3 Å². The average molecular weight is 278 g/mol. The summed E-state index contributed by atoms with van der Waals surface area (Å²) in [5.41, 5.74) is 6.19. The van der Waals surface area contributed by atoms with Crippen LogP contribution in [0.15, 0.2) is 24.3 Å². The second-order valence-electron chi connectivity index (χ2n) is 4.39. The second-order valence-corrected chi connectivity index (χ2v) is 4.39. The lowest BCUT2D eigenvalue weighted by Crippen LogP contribution is -2.40. The molecule has 0 aromatic heterocycles. The minimum absolute atomic E-state index is 0.0573. The zero-order valence-corrected chi connectivity index (χ0v) is 10.8. The summed E-state index contributed by atoms with van der Waals surface area (Å²) in [6, 6.07) is 4.87. The first-order chi connectivity index (χ1) is 8.87. The molecule has 0 heterocycles. The first kappa shape index (κ1) is 15.9. The summed E-state index contributed by atoms with van der Waals surface area (Å²) in [4.78, 5) is 1.28. The van der Waals surface area contributed by atoms with Gasteiger partial charge in [-0.25, -0.2) is 4.39 Å². The van der Waals surface area contributed by atoms with Crippen molar-refractivity contribution < 1.29 is 17.6 Å². The quantitative estimate of drug-likeness (QED) is 0.810. The fourth-order valence-electron chi connectivity index (χ4n) is 2.04. The molecule has 0 aliphatic heterocycles. The highest BCUT2D eigenvalue weighted by Gasteiger charge is 2.33. The van der Waals surface area contributed by atoms with E-state index >= 15 is 0 Å². The van der Waals surface area contributed by atoms with Crippen molar-refractivity contribution in [2.75, 3.05) is 19.6 Å². The van der Waals surface area contributed by atoms with E-state index in [0.717, 1.165) is 0 Å². The van der Waals surface area contributed by atoms with Gasteiger partial charge in [0.1, 0.15) is 5.82 Å². The smallest absolute Gasteiger partial charge is 0.329 e. The van der Waals surface area contributed by atoms with E-state index in [9.17, 15) is 17.6 Å². The average Bonchev–Trinajstić information content (AvgIpc) is 2.31. The number of hydrogen-bond donors (Lipinski definition) is 1. The van der Waals surface area contributed by atoms with Gasteiger partial charge in [-0.2, -0.15) is 13.2 Å². The van der Waals surface area contributed by atoms with Crippen molar-refractivity contribution >= 4 is 0 Å².